The third kappa shape index (κ3) is 3.33. The minimum atomic E-state index is -0.680. The minimum Gasteiger partial charge on any atom is -0.468 e. The van der Waals surface area contributed by atoms with E-state index in [1.165, 1.54) is 7.11 Å². The smallest absolute Gasteiger partial charge is 0.317 e. The summed E-state index contributed by atoms with van der Waals surface area (Å²) in [5, 5.41) is 0. The maximum Gasteiger partial charge on any atom is 0.317 e. The van der Waals surface area contributed by atoms with E-state index in [0.717, 1.165) is 11.4 Å². The zero-order valence-electron chi connectivity index (χ0n) is 11.0. The van der Waals surface area contributed by atoms with Crippen LogP contribution in [-0.2, 0) is 14.9 Å². The maximum absolute atomic E-state index is 11.5. The van der Waals surface area contributed by atoms with E-state index in [-0.39, 0.29) is 5.97 Å². The molecule has 0 radical (unpaired) electrons. The molecule has 0 atom stereocenters. The van der Waals surface area contributed by atoms with Gasteiger partial charge in [-0.15, -0.1) is 0 Å². The van der Waals surface area contributed by atoms with Gasteiger partial charge in [0.2, 0.25) is 0 Å². The van der Waals surface area contributed by atoms with E-state index in [1.54, 1.807) is 13.8 Å². The van der Waals surface area contributed by atoms with Crippen LogP contribution in [0.3, 0.4) is 0 Å². The molecule has 1 aromatic rings. The number of carbonyl (C=O) groups excluding carboxylic acids is 1. The Morgan fingerprint density at radius 2 is 1.88 bits per heavy atom. The van der Waals surface area contributed by atoms with Gasteiger partial charge in [0.1, 0.15) is 5.41 Å². The molecule has 0 spiro atoms. The van der Waals surface area contributed by atoms with Gasteiger partial charge in [-0.05, 0) is 32.9 Å². The monoisotopic (exact) mass is 223 g/mol. The number of rotatable bonds is 2. The standard InChI is InChI=1S/C11H15NO2.C2H6/c1-8-6-5-7-9(12-8)11(2,3)10(13)14-4;1-2/h5-7H,1-4H3;1-2H3. The van der Waals surface area contributed by atoms with Crippen molar-refractivity contribution in [2.24, 2.45) is 0 Å². The van der Waals surface area contributed by atoms with Crippen LogP contribution < -0.4 is 0 Å². The van der Waals surface area contributed by atoms with Crippen molar-refractivity contribution in [1.29, 1.82) is 0 Å². The summed E-state index contributed by atoms with van der Waals surface area (Å²) in [7, 11) is 1.39. The van der Waals surface area contributed by atoms with Crippen LogP contribution in [0.4, 0.5) is 0 Å². The van der Waals surface area contributed by atoms with Gasteiger partial charge in [-0.25, -0.2) is 0 Å². The predicted molar refractivity (Wildman–Crippen MR) is 65.4 cm³/mol. The van der Waals surface area contributed by atoms with Crippen LogP contribution in [0.2, 0.25) is 0 Å². The number of nitrogens with zero attached hydrogens (tertiary/aromatic N) is 1. The summed E-state index contributed by atoms with van der Waals surface area (Å²) < 4.78 is 4.73. The van der Waals surface area contributed by atoms with Crippen molar-refractivity contribution in [2.75, 3.05) is 7.11 Å². The second-order valence-electron chi connectivity index (χ2n) is 3.78. The zero-order chi connectivity index (χ0) is 12.8. The summed E-state index contributed by atoms with van der Waals surface area (Å²) in [4.78, 5) is 15.8. The van der Waals surface area contributed by atoms with E-state index in [2.05, 4.69) is 4.98 Å². The summed E-state index contributed by atoms with van der Waals surface area (Å²) in [6, 6.07) is 5.63. The van der Waals surface area contributed by atoms with Gasteiger partial charge in [-0.1, -0.05) is 19.9 Å². The topological polar surface area (TPSA) is 39.2 Å². The highest BCUT2D eigenvalue weighted by atomic mass is 16.5. The van der Waals surface area contributed by atoms with Crippen LogP contribution in [0.15, 0.2) is 18.2 Å². The Balaban J connectivity index is 0.00000106. The molecule has 0 aliphatic heterocycles. The molecule has 1 heterocycles. The first kappa shape index (κ1) is 14.6. The number of pyridine rings is 1. The summed E-state index contributed by atoms with van der Waals surface area (Å²) in [5.41, 5.74) is 0.963. The quantitative estimate of drug-likeness (QED) is 0.724. The highest BCUT2D eigenvalue weighted by Crippen LogP contribution is 2.22. The summed E-state index contributed by atoms with van der Waals surface area (Å²) in [6.45, 7) is 9.51. The van der Waals surface area contributed by atoms with E-state index in [9.17, 15) is 4.79 Å². The van der Waals surface area contributed by atoms with Crippen LogP contribution in [0.25, 0.3) is 0 Å². The molecule has 3 heteroatoms. The van der Waals surface area contributed by atoms with Gasteiger partial charge >= 0.3 is 5.97 Å². The fourth-order valence-corrected chi connectivity index (χ4v) is 1.25. The Morgan fingerprint density at radius 1 is 1.31 bits per heavy atom. The second-order valence-corrected chi connectivity index (χ2v) is 3.78. The number of hydrogen-bond acceptors (Lipinski definition) is 3. The van der Waals surface area contributed by atoms with Crippen molar-refractivity contribution in [3.63, 3.8) is 0 Å². The van der Waals surface area contributed by atoms with E-state index in [4.69, 9.17) is 4.74 Å². The Kier molecular flexibility index (Phi) is 5.72. The lowest BCUT2D eigenvalue weighted by Gasteiger charge is -2.20. The largest absolute Gasteiger partial charge is 0.468 e. The van der Waals surface area contributed by atoms with Crippen molar-refractivity contribution < 1.29 is 9.53 Å². The van der Waals surface area contributed by atoms with Crippen LogP contribution in [0.5, 0.6) is 0 Å². The van der Waals surface area contributed by atoms with Gasteiger partial charge in [0.25, 0.3) is 0 Å². The summed E-state index contributed by atoms with van der Waals surface area (Å²) in [5.74, 6) is -0.268. The van der Waals surface area contributed by atoms with E-state index in [0.29, 0.717) is 0 Å². The molecule has 0 aromatic carbocycles. The third-order valence-electron chi connectivity index (χ3n) is 2.22. The predicted octanol–water partition coefficient (Wildman–Crippen LogP) is 2.87. The minimum absolute atomic E-state index is 0.268. The number of esters is 1. The fourth-order valence-electron chi connectivity index (χ4n) is 1.25. The first-order chi connectivity index (χ1) is 7.48. The number of carbonyl (C=O) groups is 1. The molecule has 0 fully saturated rings. The molecule has 16 heavy (non-hydrogen) atoms. The van der Waals surface area contributed by atoms with Crippen molar-refractivity contribution >= 4 is 5.97 Å². The van der Waals surface area contributed by atoms with Crippen molar-refractivity contribution in [3.05, 3.63) is 29.6 Å². The molecule has 0 N–H and O–H groups in total. The van der Waals surface area contributed by atoms with Crippen molar-refractivity contribution in [1.82, 2.24) is 4.98 Å². The number of ether oxygens (including phenoxy) is 1. The van der Waals surface area contributed by atoms with Gasteiger partial charge in [0.05, 0.1) is 12.8 Å². The summed E-state index contributed by atoms with van der Waals surface area (Å²) in [6.07, 6.45) is 0. The first-order valence-corrected chi connectivity index (χ1v) is 5.51. The van der Waals surface area contributed by atoms with Gasteiger partial charge in [0.15, 0.2) is 0 Å². The molecular formula is C13H21NO2. The molecule has 90 valence electrons. The van der Waals surface area contributed by atoms with Crippen molar-refractivity contribution in [2.45, 2.75) is 40.0 Å². The average molecular weight is 223 g/mol. The first-order valence-electron chi connectivity index (χ1n) is 5.51. The zero-order valence-corrected chi connectivity index (χ0v) is 11.0. The number of aromatic nitrogens is 1. The highest BCUT2D eigenvalue weighted by molar-refractivity contribution is 5.81. The molecular weight excluding hydrogens is 202 g/mol. The molecule has 1 rings (SSSR count). The molecule has 0 saturated carbocycles. The fraction of sp³-hybridized carbons (Fsp3) is 0.538. The molecule has 3 nitrogen and oxygen atoms in total. The van der Waals surface area contributed by atoms with Crippen LogP contribution in [0.1, 0.15) is 39.1 Å². The lowest BCUT2D eigenvalue weighted by atomic mass is 9.89. The normalized spacial score (nSPS) is 10.1. The van der Waals surface area contributed by atoms with E-state index < -0.39 is 5.41 Å². The number of aryl methyl sites for hydroxylation is 1. The van der Waals surface area contributed by atoms with Gasteiger partial charge in [-0.3, -0.25) is 9.78 Å². The molecule has 0 amide bonds. The van der Waals surface area contributed by atoms with Crippen LogP contribution in [0, 0.1) is 6.92 Å². The molecule has 0 saturated heterocycles. The Hall–Kier alpha value is -1.38. The van der Waals surface area contributed by atoms with Gasteiger partial charge in [-0.2, -0.15) is 0 Å². The number of methoxy groups -OCH3 is 1. The maximum atomic E-state index is 11.5. The molecule has 0 bridgehead atoms. The third-order valence-corrected chi connectivity index (χ3v) is 2.22. The molecule has 0 unspecified atom stereocenters. The Morgan fingerprint density at radius 3 is 2.31 bits per heavy atom. The van der Waals surface area contributed by atoms with Crippen molar-refractivity contribution in [3.8, 4) is 0 Å². The summed E-state index contributed by atoms with van der Waals surface area (Å²) >= 11 is 0. The SMILES string of the molecule is CC.COC(=O)C(C)(C)c1cccc(C)n1. The molecule has 0 aliphatic rings. The van der Waals surface area contributed by atoms with Gasteiger partial charge < -0.3 is 4.74 Å². The highest BCUT2D eigenvalue weighted by Gasteiger charge is 2.32. The second kappa shape index (κ2) is 6.26. The molecule has 0 aliphatic carbocycles. The van der Waals surface area contributed by atoms with E-state index in [1.807, 2.05) is 39.0 Å². The van der Waals surface area contributed by atoms with Gasteiger partial charge in [0, 0.05) is 5.69 Å². The van der Waals surface area contributed by atoms with Crippen LogP contribution >= 0.6 is 0 Å². The Labute approximate surface area is 97.9 Å². The lowest BCUT2D eigenvalue weighted by molar-refractivity contribution is -0.146. The molecule has 1 aromatic heterocycles. The van der Waals surface area contributed by atoms with Crippen LogP contribution in [-0.4, -0.2) is 18.1 Å². The van der Waals surface area contributed by atoms with E-state index >= 15 is 0 Å². The average Bonchev–Trinajstić information content (AvgIpc) is 2.30. The Bertz CT molecular complexity index is 346. The number of hydrogen-bond donors (Lipinski definition) is 0. The lowest BCUT2D eigenvalue weighted by Crippen LogP contribution is -2.31.